The summed E-state index contributed by atoms with van der Waals surface area (Å²) in [5.41, 5.74) is 0. The zero-order valence-electron chi connectivity index (χ0n) is 79.2. The lowest BCUT2D eigenvalue weighted by Gasteiger charge is -2.52. The van der Waals surface area contributed by atoms with E-state index in [1.165, 1.54) is 13.8 Å². The van der Waals surface area contributed by atoms with Gasteiger partial charge < -0.3 is 294 Å². The molecule has 0 aromatic carbocycles. The van der Waals surface area contributed by atoms with E-state index >= 15 is 0 Å². The van der Waals surface area contributed by atoms with E-state index in [9.17, 15) is 187 Å². The van der Waals surface area contributed by atoms with E-state index in [4.69, 9.17) is 104 Å². The Labute approximate surface area is 828 Å². The number of carbonyl (C=O) groups excluding carboxylic acids is 5. The smallest absolute Gasteiger partial charge is 0.217 e. The number of ether oxygens (including phenoxy) is 22. The minimum Gasteiger partial charge on any atom is -0.394 e. The highest BCUT2D eigenvalue weighted by atomic mass is 16.8. The van der Waals surface area contributed by atoms with E-state index in [0.717, 1.165) is 34.6 Å². The van der Waals surface area contributed by atoms with E-state index in [1.54, 1.807) is 0 Å². The van der Waals surface area contributed by atoms with Gasteiger partial charge in [0.15, 0.2) is 69.2 Å². The minimum atomic E-state index is -2.74. The highest BCUT2D eigenvalue weighted by Gasteiger charge is 2.64. The molecule has 0 radical (unpaired) electrons. The standard InChI is InChI=1S/C82H139N5O59/c1-19-41(103)54(116)59(121)76(127-19)125-17-27(102)63(43(105)26(8-88)83-21(3)97)138-73-38(85-23(5)99)51(113)65(34(15-95)134-73)140-79-62(124)67(49(111)36(137-79)18-126-80-69(57(119)46(108)30(11-91)131-80)144-74-39(86-24(6)100)52(114)64(33(14-94)135-74)139-78-61(123)56(118)45(107)29(10-90)130-78)142-81-70(58(120)47(109)31(12-92)132-81)145-75-40(87-25(7)101)53(115)66(35(16-96)136-75)141-82-71(146-77-60(122)55(117)42(104)20(2)128-77)68(48(110)32(13-93)133-82)143-72-37(84-22(4)98)50(112)44(106)28(9-89)129-72/h19-20,26-82,88-96,102-124H,8-18H2,1-7H3,(H,83,97)(H,84,98)(H,85,99)(H,86,100)(H,87,101)/t19-,20-,26-,27+,28+,29+,30+,31+,32+,33+,34+,35+,36+,37+,38+,39+,40+,41+,42+,43+,44-,45-,46+,47+,48-,49+,50+,51+,52+,53+,54+,55+,56-,57-,58-,59-,60-,61+,62-,63+,64+,65+,66+,67-,68-,69-,70-,71+,72+,73-,74-,75-,76+,77-,78-,79-,80-,81+,82-/m0/s1. The molecule has 5 amide bonds. The maximum absolute atomic E-state index is 13.6. The molecule has 146 heavy (non-hydrogen) atoms. The molecule has 846 valence electrons. The van der Waals surface area contributed by atoms with Crippen molar-refractivity contribution in [1.29, 1.82) is 0 Å². The molecule has 0 saturated carbocycles. The van der Waals surface area contributed by atoms with Gasteiger partial charge in [-0.1, -0.05) is 0 Å². The van der Waals surface area contributed by atoms with E-state index in [-0.39, 0.29) is 0 Å². The SMILES string of the molecule is CC(=O)N[C@H]1[C@H](O[C@@H]([C@H](O)[C@H](CO)NC(C)=O)[C@H](O)CO[C@@H]2O[C@@H](C)[C@@H](O)[C@@H](O)[C@@H]2O)O[C@H](CO)[C@@H](O[C@@H]2O[C@H](CO[C@H]3O[C@H](CO)[C@@H](O)[C@H](O)[C@@H]3O[C@@H]3O[C@H](CO)[C@@H](O[C@@H]4O[C@H](CO)[C@H](O)[C@H](O)[C@H]4O)[C@H](O)[C@H]3NC(C)=O)[C@@H](O)[C@H](O[C@H]3O[C@H](CO)[C@@H](O)[C@H](O)[C@@H]3O[C@@H]3O[C@H](CO)[C@@H](O[C@@H]4O[C@H](CO)[C@H](O)[C@H](O[C@H]5O[C@H](CO)[C@H](O)[C@H](O)[C@H]5NC(C)=O)[C@H]4O[C@@H]4O[C@@H](C)[C@@H](O)[C@@H](O)[C@@H]4O)[C@H](O)[C@H]3NC(C)=O)[C@@H]2O)[C@@H]1O. The summed E-state index contributed by atoms with van der Waals surface area (Å²) in [6, 6.07) is -9.95. The van der Waals surface area contributed by atoms with Crippen molar-refractivity contribution >= 4 is 29.5 Å². The summed E-state index contributed by atoms with van der Waals surface area (Å²) in [6.45, 7) is -6.14. The van der Waals surface area contributed by atoms with Crippen LogP contribution in [0.15, 0.2) is 0 Å². The topological polar surface area (TPSA) is 996 Å². The summed E-state index contributed by atoms with van der Waals surface area (Å²) >= 11 is 0. The molecule has 0 aromatic rings. The molecule has 11 aliphatic heterocycles. The Balaban J connectivity index is 0.944. The number of aliphatic hydroxyl groups is 32. The van der Waals surface area contributed by atoms with Gasteiger partial charge in [0.1, 0.15) is 274 Å². The molecule has 11 saturated heterocycles. The van der Waals surface area contributed by atoms with Gasteiger partial charge in [0.2, 0.25) is 29.5 Å². The van der Waals surface area contributed by atoms with Gasteiger partial charge in [0, 0.05) is 34.6 Å². The Hall–Kier alpha value is -4.81. The molecule has 0 aliphatic carbocycles. The summed E-state index contributed by atoms with van der Waals surface area (Å²) in [6.07, 6.45) is -117. The van der Waals surface area contributed by atoms with Crippen molar-refractivity contribution in [3.63, 3.8) is 0 Å². The Kier molecular flexibility index (Phi) is 44.5. The van der Waals surface area contributed by atoms with E-state index < -0.39 is 464 Å². The summed E-state index contributed by atoms with van der Waals surface area (Å²) in [7, 11) is 0. The monoisotopic (exact) mass is 2140 g/mol. The number of hydrogen-bond donors (Lipinski definition) is 37. The Morgan fingerprint density at radius 1 is 0.253 bits per heavy atom. The number of hydrogen-bond acceptors (Lipinski definition) is 59. The molecular formula is C82H139N5O59. The first kappa shape index (κ1) is 121. The zero-order valence-corrected chi connectivity index (χ0v) is 79.2. The van der Waals surface area contributed by atoms with Crippen LogP contribution >= 0.6 is 0 Å². The maximum Gasteiger partial charge on any atom is 0.217 e. The van der Waals surface area contributed by atoms with Crippen LogP contribution in [-0.4, -0.2) is 627 Å². The fraction of sp³-hybridized carbons (Fsp3) is 0.939. The van der Waals surface area contributed by atoms with Gasteiger partial charge in [0.25, 0.3) is 0 Å². The molecule has 59 atom stereocenters. The fourth-order valence-electron chi connectivity index (χ4n) is 18.7. The van der Waals surface area contributed by atoms with Crippen LogP contribution in [0.4, 0.5) is 0 Å². The van der Waals surface area contributed by atoms with Crippen LogP contribution in [0.25, 0.3) is 0 Å². The van der Waals surface area contributed by atoms with Gasteiger partial charge in [-0.05, 0) is 13.8 Å². The molecule has 0 unspecified atom stereocenters. The molecule has 64 heteroatoms. The third kappa shape index (κ3) is 27.4. The highest BCUT2D eigenvalue weighted by molar-refractivity contribution is 5.75. The summed E-state index contributed by atoms with van der Waals surface area (Å²) in [5, 5.41) is 374. The van der Waals surface area contributed by atoms with E-state index in [1.807, 2.05) is 0 Å². The third-order valence-corrected chi connectivity index (χ3v) is 26.7. The number of amides is 5. The van der Waals surface area contributed by atoms with Crippen LogP contribution in [0.1, 0.15) is 48.5 Å². The molecule has 11 aliphatic rings. The highest BCUT2D eigenvalue weighted by Crippen LogP contribution is 2.43. The molecule has 11 rings (SSSR count). The number of rotatable bonds is 41. The third-order valence-electron chi connectivity index (χ3n) is 26.7. The lowest BCUT2D eigenvalue weighted by Crippen LogP contribution is -2.71. The van der Waals surface area contributed by atoms with Crippen LogP contribution in [0.5, 0.6) is 0 Å². The second-order valence-electron chi connectivity index (χ2n) is 37.1. The number of aliphatic hydroxyl groups excluding tert-OH is 32. The fourth-order valence-corrected chi connectivity index (χ4v) is 18.7. The molecular weight excluding hydrogens is 2000 g/mol. The first-order chi connectivity index (χ1) is 69.0. The molecule has 11 heterocycles. The molecule has 37 N–H and O–H groups in total. The van der Waals surface area contributed by atoms with Crippen LogP contribution in [0.3, 0.4) is 0 Å². The van der Waals surface area contributed by atoms with Crippen LogP contribution in [0.2, 0.25) is 0 Å². The molecule has 0 bridgehead atoms. The van der Waals surface area contributed by atoms with Crippen molar-refractivity contribution in [1.82, 2.24) is 26.6 Å². The maximum atomic E-state index is 13.6. The predicted molar refractivity (Wildman–Crippen MR) is 452 cm³/mol. The second-order valence-corrected chi connectivity index (χ2v) is 37.1. The molecule has 11 fully saturated rings. The largest absolute Gasteiger partial charge is 0.394 e. The minimum absolute atomic E-state index is 0.853. The lowest BCUT2D eigenvalue weighted by atomic mass is 9.93. The van der Waals surface area contributed by atoms with Crippen molar-refractivity contribution in [2.45, 2.75) is 410 Å². The first-order valence-electron chi connectivity index (χ1n) is 46.8. The summed E-state index contributed by atoms with van der Waals surface area (Å²) < 4.78 is 133. The molecule has 0 aromatic heterocycles. The van der Waals surface area contributed by atoms with Crippen molar-refractivity contribution in [3.05, 3.63) is 0 Å². The molecule has 64 nitrogen and oxygen atoms in total. The Morgan fingerprint density at radius 2 is 0.548 bits per heavy atom. The second kappa shape index (κ2) is 53.6. The summed E-state index contributed by atoms with van der Waals surface area (Å²) in [5.74, 6) is -4.94. The van der Waals surface area contributed by atoms with Gasteiger partial charge in [-0.25, -0.2) is 0 Å². The van der Waals surface area contributed by atoms with Gasteiger partial charge in [-0.15, -0.1) is 0 Å². The van der Waals surface area contributed by atoms with Gasteiger partial charge >= 0.3 is 0 Å². The summed E-state index contributed by atoms with van der Waals surface area (Å²) in [4.78, 5) is 65.1. The number of carbonyl (C=O) groups is 5. The van der Waals surface area contributed by atoms with Crippen LogP contribution < -0.4 is 26.6 Å². The molecule has 0 spiro atoms. The van der Waals surface area contributed by atoms with Gasteiger partial charge in [0.05, 0.1) is 90.9 Å². The zero-order chi connectivity index (χ0) is 108. The number of nitrogens with one attached hydrogen (secondary N) is 5. The van der Waals surface area contributed by atoms with Crippen molar-refractivity contribution in [2.24, 2.45) is 0 Å². The van der Waals surface area contributed by atoms with E-state index in [0.29, 0.717) is 0 Å². The van der Waals surface area contributed by atoms with Crippen molar-refractivity contribution in [3.8, 4) is 0 Å². The van der Waals surface area contributed by atoms with E-state index in [2.05, 4.69) is 26.6 Å². The van der Waals surface area contributed by atoms with Crippen molar-refractivity contribution < 1.29 is 292 Å². The predicted octanol–water partition coefficient (Wildman–Crippen LogP) is -24.7. The van der Waals surface area contributed by atoms with Gasteiger partial charge in [-0.3, -0.25) is 24.0 Å². The average Bonchev–Trinajstić information content (AvgIpc) is 0.764. The lowest BCUT2D eigenvalue weighted by molar-refractivity contribution is -0.406. The Morgan fingerprint density at radius 3 is 0.979 bits per heavy atom. The normalized spacial score (nSPS) is 47.5. The van der Waals surface area contributed by atoms with Crippen molar-refractivity contribution in [2.75, 3.05) is 72.7 Å². The Bertz CT molecular complexity index is 4040. The van der Waals surface area contributed by atoms with Crippen LogP contribution in [-0.2, 0) is 128 Å². The average molecular weight is 2140 g/mol. The van der Waals surface area contributed by atoms with Gasteiger partial charge in [-0.2, -0.15) is 0 Å². The first-order valence-corrected chi connectivity index (χ1v) is 46.8. The van der Waals surface area contributed by atoms with Crippen LogP contribution in [0, 0.1) is 0 Å². The quantitative estimate of drug-likeness (QED) is 0.0270.